The third kappa shape index (κ3) is 10.4. The molecule has 1 heterocycles. The molecule has 3 aromatic rings. The standard InChI is InChI=1S/C29H31Cl2F2N3O7S/c1-35(13-18-5-8-21(9-6-18)34-44(2,39)40)16-28(37)42-26(12-22-23(30)14-36(38)15-24(22)31)20-7-10-25(43-29(32)33)27(11-20)41-17-19-3-4-19/h5-11,14-15,19,26,29,34H,3-4,12-13,16-17H2,1-2H3. The zero-order valence-electron chi connectivity index (χ0n) is 23.8. The van der Waals surface area contributed by atoms with E-state index in [2.05, 4.69) is 9.46 Å². The maximum Gasteiger partial charge on any atom is 0.387 e. The number of rotatable bonds is 15. The van der Waals surface area contributed by atoms with Crippen molar-refractivity contribution in [2.45, 2.75) is 38.5 Å². The number of benzene rings is 2. The van der Waals surface area contributed by atoms with E-state index in [1.807, 2.05) is 0 Å². The van der Waals surface area contributed by atoms with Crippen LogP contribution >= 0.6 is 23.2 Å². The van der Waals surface area contributed by atoms with Gasteiger partial charge in [-0.25, -0.2) is 8.42 Å². The Morgan fingerprint density at radius 1 is 1.11 bits per heavy atom. The van der Waals surface area contributed by atoms with Crippen LogP contribution in [0.15, 0.2) is 54.9 Å². The smallest absolute Gasteiger partial charge is 0.387 e. The number of carbonyl (C=O) groups excluding carboxylic acids is 1. The number of sulfonamides is 1. The molecule has 238 valence electrons. The van der Waals surface area contributed by atoms with E-state index in [0.717, 1.165) is 37.1 Å². The van der Waals surface area contributed by atoms with Crippen LogP contribution in [-0.2, 0) is 32.5 Å². The number of likely N-dealkylation sites (N-methyl/N-ethyl adjacent to an activating group) is 1. The molecule has 1 aromatic heterocycles. The summed E-state index contributed by atoms with van der Waals surface area (Å²) in [5.41, 5.74) is 1.99. The number of nitrogens with zero attached hydrogens (tertiary/aromatic N) is 2. The number of ether oxygens (including phenoxy) is 3. The van der Waals surface area contributed by atoms with Crippen LogP contribution < -0.4 is 18.9 Å². The zero-order chi connectivity index (χ0) is 32.0. The van der Waals surface area contributed by atoms with Crippen LogP contribution in [0.1, 0.15) is 35.6 Å². The summed E-state index contributed by atoms with van der Waals surface area (Å²) in [5, 5.41) is 11.9. The normalized spacial score (nSPS) is 14.0. The van der Waals surface area contributed by atoms with Crippen LogP contribution in [0.5, 0.6) is 11.5 Å². The first-order valence-corrected chi connectivity index (χ1v) is 16.1. The van der Waals surface area contributed by atoms with Gasteiger partial charge in [0.15, 0.2) is 23.9 Å². The van der Waals surface area contributed by atoms with Gasteiger partial charge in [0.05, 0.1) is 19.4 Å². The van der Waals surface area contributed by atoms with Crippen LogP contribution in [0.25, 0.3) is 0 Å². The monoisotopic (exact) mass is 673 g/mol. The van der Waals surface area contributed by atoms with Gasteiger partial charge >= 0.3 is 12.6 Å². The number of hydrogen-bond acceptors (Lipinski definition) is 8. The van der Waals surface area contributed by atoms with Crippen LogP contribution in [0.2, 0.25) is 10.0 Å². The van der Waals surface area contributed by atoms with Crippen molar-refractivity contribution in [3.63, 3.8) is 0 Å². The molecular formula is C29H31Cl2F2N3O7S. The molecule has 10 nitrogen and oxygen atoms in total. The molecule has 0 saturated heterocycles. The van der Waals surface area contributed by atoms with Gasteiger partial charge in [0.1, 0.15) is 16.1 Å². The van der Waals surface area contributed by atoms with E-state index in [4.69, 9.17) is 32.7 Å². The molecule has 1 saturated carbocycles. The Bertz CT molecular complexity index is 1550. The average molecular weight is 675 g/mol. The summed E-state index contributed by atoms with van der Waals surface area (Å²) in [5.74, 6) is -0.363. The van der Waals surface area contributed by atoms with E-state index in [9.17, 15) is 27.2 Å². The largest absolute Gasteiger partial charge is 0.619 e. The van der Waals surface area contributed by atoms with Crippen molar-refractivity contribution >= 4 is 44.9 Å². The molecule has 0 aliphatic heterocycles. The number of esters is 1. The molecule has 0 amide bonds. The minimum absolute atomic E-state index is 0.0279. The van der Waals surface area contributed by atoms with Gasteiger partial charge in [-0.05, 0) is 61.2 Å². The molecule has 44 heavy (non-hydrogen) atoms. The molecule has 1 atom stereocenters. The van der Waals surface area contributed by atoms with E-state index >= 15 is 0 Å². The molecule has 1 unspecified atom stereocenters. The van der Waals surface area contributed by atoms with Gasteiger partial charge in [-0.3, -0.25) is 14.4 Å². The van der Waals surface area contributed by atoms with Crippen molar-refractivity contribution in [3.8, 4) is 11.5 Å². The van der Waals surface area contributed by atoms with Crippen LogP contribution in [-0.4, -0.2) is 52.4 Å². The fourth-order valence-corrected chi connectivity index (χ4v) is 5.50. The van der Waals surface area contributed by atoms with Crippen LogP contribution in [0, 0.1) is 11.1 Å². The first-order chi connectivity index (χ1) is 20.8. The van der Waals surface area contributed by atoms with Gasteiger partial charge in [0.25, 0.3) is 0 Å². The summed E-state index contributed by atoms with van der Waals surface area (Å²) in [6, 6.07) is 11.0. The third-order valence-electron chi connectivity index (χ3n) is 6.56. The second kappa shape index (κ2) is 14.6. The van der Waals surface area contributed by atoms with Gasteiger partial charge in [0, 0.05) is 24.2 Å². The van der Waals surface area contributed by atoms with Crippen molar-refractivity contribution in [1.82, 2.24) is 4.90 Å². The molecule has 15 heteroatoms. The summed E-state index contributed by atoms with van der Waals surface area (Å²) >= 11 is 12.6. The molecule has 1 aliphatic carbocycles. The number of nitrogens with one attached hydrogen (secondary N) is 1. The highest BCUT2D eigenvalue weighted by molar-refractivity contribution is 7.92. The van der Waals surface area contributed by atoms with Gasteiger partial charge in [0.2, 0.25) is 10.0 Å². The molecular weight excluding hydrogens is 643 g/mol. The van der Waals surface area contributed by atoms with Gasteiger partial charge < -0.3 is 19.4 Å². The Hall–Kier alpha value is -3.39. The SMILES string of the molecule is CN(CC(=O)OC(Cc1c(Cl)c[n+]([O-])cc1Cl)c1ccc(OC(F)F)c(OCC2CC2)c1)Cc1ccc(NS(C)(=O)=O)cc1. The van der Waals surface area contributed by atoms with Crippen molar-refractivity contribution in [1.29, 1.82) is 0 Å². The lowest BCUT2D eigenvalue weighted by atomic mass is 10.0. The maximum absolute atomic E-state index is 13.2. The molecule has 2 aromatic carbocycles. The minimum atomic E-state index is -3.41. The molecule has 0 radical (unpaired) electrons. The van der Waals surface area contributed by atoms with E-state index in [-0.39, 0.29) is 34.5 Å². The number of halogens is 4. The number of aromatic nitrogens is 1. The Labute approximate surface area is 264 Å². The first-order valence-electron chi connectivity index (χ1n) is 13.5. The summed E-state index contributed by atoms with van der Waals surface area (Å²) in [6.45, 7) is -2.53. The fraction of sp³-hybridized carbons (Fsp3) is 0.379. The molecule has 4 rings (SSSR count). The quantitative estimate of drug-likeness (QED) is 0.130. The summed E-state index contributed by atoms with van der Waals surface area (Å²) < 4.78 is 68.2. The first kappa shape index (κ1) is 33.5. The minimum Gasteiger partial charge on any atom is -0.619 e. The molecule has 0 bridgehead atoms. The number of carbonyl (C=O) groups is 1. The van der Waals surface area contributed by atoms with Crippen molar-refractivity contribution in [3.05, 3.63) is 86.8 Å². The molecule has 1 aliphatic rings. The van der Waals surface area contributed by atoms with Gasteiger partial charge in [-0.2, -0.15) is 13.5 Å². The number of anilines is 1. The number of hydrogen-bond donors (Lipinski definition) is 1. The topological polar surface area (TPSA) is 121 Å². The van der Waals surface area contributed by atoms with E-state index in [0.29, 0.717) is 40.6 Å². The molecule has 0 spiro atoms. The predicted molar refractivity (Wildman–Crippen MR) is 160 cm³/mol. The second-order valence-corrected chi connectivity index (χ2v) is 13.1. The van der Waals surface area contributed by atoms with E-state index in [1.54, 1.807) is 36.2 Å². The third-order valence-corrected chi connectivity index (χ3v) is 7.81. The fourth-order valence-electron chi connectivity index (χ4n) is 4.34. The summed E-state index contributed by atoms with van der Waals surface area (Å²) in [7, 11) is -1.71. The van der Waals surface area contributed by atoms with Gasteiger partial charge in [-0.15, -0.1) is 0 Å². The maximum atomic E-state index is 13.2. The summed E-state index contributed by atoms with van der Waals surface area (Å²) in [4.78, 5) is 14.9. The predicted octanol–water partition coefficient (Wildman–Crippen LogP) is 5.35. The lowest BCUT2D eigenvalue weighted by Crippen LogP contribution is -2.29. The van der Waals surface area contributed by atoms with Crippen molar-refractivity contribution in [2.24, 2.45) is 5.92 Å². The highest BCUT2D eigenvalue weighted by Gasteiger charge is 2.26. The Balaban J connectivity index is 1.53. The Kier molecular flexibility index (Phi) is 11.1. The lowest BCUT2D eigenvalue weighted by molar-refractivity contribution is -0.605. The van der Waals surface area contributed by atoms with Crippen LogP contribution in [0.4, 0.5) is 14.5 Å². The number of pyridine rings is 1. The highest BCUT2D eigenvalue weighted by Crippen LogP contribution is 2.37. The van der Waals surface area contributed by atoms with Crippen molar-refractivity contribution < 1.29 is 40.9 Å². The molecule has 1 fully saturated rings. The summed E-state index contributed by atoms with van der Waals surface area (Å²) in [6.07, 6.45) is 4.24. The van der Waals surface area contributed by atoms with Gasteiger partial charge in [-0.1, -0.05) is 41.4 Å². The Morgan fingerprint density at radius 3 is 2.36 bits per heavy atom. The van der Waals surface area contributed by atoms with E-state index < -0.39 is 28.7 Å². The van der Waals surface area contributed by atoms with Crippen molar-refractivity contribution in [2.75, 3.05) is 31.2 Å². The second-order valence-electron chi connectivity index (χ2n) is 10.6. The number of alkyl halides is 2. The molecule has 1 N–H and O–H groups in total. The zero-order valence-corrected chi connectivity index (χ0v) is 26.2. The average Bonchev–Trinajstić information content (AvgIpc) is 3.74. The lowest BCUT2D eigenvalue weighted by Gasteiger charge is -2.23. The Morgan fingerprint density at radius 2 is 1.77 bits per heavy atom. The van der Waals surface area contributed by atoms with Crippen LogP contribution in [0.3, 0.4) is 0 Å². The highest BCUT2D eigenvalue weighted by atomic mass is 35.5. The van der Waals surface area contributed by atoms with E-state index in [1.165, 1.54) is 18.2 Å².